The van der Waals surface area contributed by atoms with Crippen molar-refractivity contribution in [1.29, 1.82) is 5.26 Å². The molecule has 0 saturated carbocycles. The maximum Gasteiger partial charge on any atom is 0.412 e. The smallest absolute Gasteiger partial charge is 0.368 e. The van der Waals surface area contributed by atoms with Crippen LogP contribution in [-0.4, -0.2) is 40.4 Å². The van der Waals surface area contributed by atoms with Crippen LogP contribution < -0.4 is 22.1 Å². The fraction of sp³-hybridized carbons (Fsp3) is 0.375. The Morgan fingerprint density at radius 2 is 2.14 bits per heavy atom. The van der Waals surface area contributed by atoms with Gasteiger partial charge in [-0.3, -0.25) is 4.79 Å². The summed E-state index contributed by atoms with van der Waals surface area (Å²) >= 11 is 1.18. The number of nitrogens with zero attached hydrogens (tertiary/aromatic N) is 3. The number of rotatable bonds is 5. The Morgan fingerprint density at radius 1 is 1.46 bits per heavy atom. The van der Waals surface area contributed by atoms with Crippen molar-refractivity contribution in [3.05, 3.63) is 29.0 Å². The molecule has 6 N–H and O–H groups in total. The molecule has 0 fully saturated rings. The number of alkyl halides is 3. The van der Waals surface area contributed by atoms with Crippen LogP contribution in [0.3, 0.4) is 0 Å². The van der Waals surface area contributed by atoms with Crippen LogP contribution >= 0.6 is 11.8 Å². The zero-order chi connectivity index (χ0) is 21.1. The molecule has 1 unspecified atom stereocenters. The van der Waals surface area contributed by atoms with Crippen molar-refractivity contribution in [2.45, 2.75) is 36.6 Å². The Morgan fingerprint density at radius 3 is 2.71 bits per heavy atom. The van der Waals surface area contributed by atoms with E-state index in [9.17, 15) is 23.2 Å². The molecule has 0 spiro atoms. The van der Waals surface area contributed by atoms with E-state index in [2.05, 4.69) is 20.6 Å². The summed E-state index contributed by atoms with van der Waals surface area (Å²) in [5, 5.41) is 14.8. The molecule has 150 valence electrons. The van der Waals surface area contributed by atoms with E-state index in [1.54, 1.807) is 6.26 Å². The number of nitrogen functional groups attached to an aromatic ring is 1. The third kappa shape index (κ3) is 5.14. The lowest BCUT2D eigenvalue weighted by Crippen LogP contribution is -2.39. The third-order valence-corrected chi connectivity index (χ3v) is 4.44. The highest BCUT2D eigenvalue weighted by Crippen LogP contribution is 2.32. The summed E-state index contributed by atoms with van der Waals surface area (Å²) in [6.45, 7) is 1.46. The van der Waals surface area contributed by atoms with Crippen molar-refractivity contribution in [2.75, 3.05) is 17.3 Å². The molecule has 1 aromatic heterocycles. The molecule has 12 heteroatoms. The van der Waals surface area contributed by atoms with Crippen molar-refractivity contribution in [3.8, 4) is 6.07 Å². The predicted molar refractivity (Wildman–Crippen MR) is 99.0 cm³/mol. The summed E-state index contributed by atoms with van der Waals surface area (Å²) < 4.78 is 38.8. The number of aromatic nitrogens is 2. The highest BCUT2D eigenvalue weighted by Gasteiger charge is 2.36. The summed E-state index contributed by atoms with van der Waals surface area (Å²) in [6.07, 6.45) is -0.996. The number of hydrogen-bond donors (Lipinski definition) is 4. The van der Waals surface area contributed by atoms with Crippen molar-refractivity contribution in [2.24, 2.45) is 5.73 Å². The van der Waals surface area contributed by atoms with Gasteiger partial charge in [0.05, 0.1) is 0 Å². The maximum atomic E-state index is 12.9. The number of thioether (sulfide) groups is 1. The molecule has 0 aliphatic heterocycles. The van der Waals surface area contributed by atoms with Crippen LogP contribution in [0.5, 0.6) is 0 Å². The number of carbonyl (C=O) groups is 1. The molecule has 28 heavy (non-hydrogen) atoms. The lowest BCUT2D eigenvalue weighted by molar-refractivity contribution is -0.120. The van der Waals surface area contributed by atoms with E-state index in [4.69, 9.17) is 11.5 Å². The molecule has 2 rings (SSSR count). The Hall–Kier alpha value is -2.78. The average Bonchev–Trinajstić information content (AvgIpc) is 2.59. The van der Waals surface area contributed by atoms with Gasteiger partial charge >= 0.3 is 6.18 Å². The highest BCUT2D eigenvalue weighted by atomic mass is 32.2. The first-order chi connectivity index (χ1) is 13.0. The van der Waals surface area contributed by atoms with Crippen LogP contribution in [0.4, 0.5) is 24.9 Å². The molecular formula is C16H18F3N7OS. The normalized spacial score (nSPS) is 17.8. The first-order valence-electron chi connectivity index (χ1n) is 7.99. The number of hydrogen-bond acceptors (Lipinski definition) is 8. The maximum absolute atomic E-state index is 12.9. The molecule has 1 aliphatic carbocycles. The van der Waals surface area contributed by atoms with Gasteiger partial charge in [0.25, 0.3) is 0 Å². The zero-order valence-corrected chi connectivity index (χ0v) is 15.8. The number of anilines is 2. The summed E-state index contributed by atoms with van der Waals surface area (Å²) in [6, 6.07) is 0.141. The number of carbonyl (C=O) groups excluding carboxylic acids is 1. The predicted octanol–water partition coefficient (Wildman–Crippen LogP) is 1.67. The molecule has 1 aromatic rings. The van der Waals surface area contributed by atoms with Crippen molar-refractivity contribution >= 4 is 29.4 Å². The SMILES string of the molecule is CSc1nc(N)nc(N[C@@H](C)C(=O)NC2=CC(N)CC(C(F)(F)F)=C2)c1C#N. The highest BCUT2D eigenvalue weighted by molar-refractivity contribution is 7.98. The number of nitrogens with two attached hydrogens (primary N) is 2. The Labute approximate surface area is 163 Å². The molecule has 0 saturated heterocycles. The summed E-state index contributed by atoms with van der Waals surface area (Å²) in [4.78, 5) is 20.2. The largest absolute Gasteiger partial charge is 0.412 e. The molecule has 1 heterocycles. The Balaban J connectivity index is 2.17. The van der Waals surface area contributed by atoms with Gasteiger partial charge in [-0.15, -0.1) is 11.8 Å². The third-order valence-electron chi connectivity index (χ3n) is 3.76. The van der Waals surface area contributed by atoms with Gasteiger partial charge in [-0.2, -0.15) is 23.4 Å². The second-order valence-corrected chi connectivity index (χ2v) is 6.73. The first kappa shape index (κ1) is 21.5. The quantitative estimate of drug-likeness (QED) is 0.422. The van der Waals surface area contributed by atoms with Gasteiger partial charge in [-0.1, -0.05) is 0 Å². The molecular weight excluding hydrogens is 395 g/mol. The number of halogens is 3. The fourth-order valence-electron chi connectivity index (χ4n) is 2.44. The van der Waals surface area contributed by atoms with E-state index >= 15 is 0 Å². The fourth-order valence-corrected chi connectivity index (χ4v) is 2.98. The molecule has 0 radical (unpaired) electrons. The van der Waals surface area contributed by atoms with E-state index < -0.39 is 29.7 Å². The van der Waals surface area contributed by atoms with Gasteiger partial charge in [0.1, 0.15) is 22.7 Å². The first-order valence-corrected chi connectivity index (χ1v) is 9.21. The van der Waals surface area contributed by atoms with E-state index in [1.165, 1.54) is 24.8 Å². The van der Waals surface area contributed by atoms with Crippen molar-refractivity contribution in [3.63, 3.8) is 0 Å². The molecule has 1 aliphatic rings. The molecule has 0 aromatic carbocycles. The van der Waals surface area contributed by atoms with Crippen LogP contribution in [0, 0.1) is 11.3 Å². The van der Waals surface area contributed by atoms with Gasteiger partial charge in [0.15, 0.2) is 5.82 Å². The zero-order valence-electron chi connectivity index (χ0n) is 15.0. The Bertz CT molecular complexity index is 876. The molecule has 8 nitrogen and oxygen atoms in total. The van der Waals surface area contributed by atoms with E-state index in [0.29, 0.717) is 5.03 Å². The number of amides is 1. The van der Waals surface area contributed by atoms with Crippen molar-refractivity contribution in [1.82, 2.24) is 15.3 Å². The van der Waals surface area contributed by atoms with Crippen molar-refractivity contribution < 1.29 is 18.0 Å². The second kappa shape index (κ2) is 8.49. The van der Waals surface area contributed by atoms with Gasteiger partial charge in [-0.25, -0.2) is 4.98 Å². The van der Waals surface area contributed by atoms with Gasteiger partial charge in [-0.05, 0) is 31.8 Å². The number of nitriles is 1. The minimum atomic E-state index is -4.53. The van der Waals surface area contributed by atoms with E-state index in [1.807, 2.05) is 6.07 Å². The second-order valence-electron chi connectivity index (χ2n) is 5.94. The van der Waals surface area contributed by atoms with Gasteiger partial charge in [0, 0.05) is 17.3 Å². The lowest BCUT2D eigenvalue weighted by Gasteiger charge is -2.22. The topological polar surface area (TPSA) is 143 Å². The van der Waals surface area contributed by atoms with E-state index in [0.717, 1.165) is 6.08 Å². The van der Waals surface area contributed by atoms with Crippen LogP contribution in [0.2, 0.25) is 0 Å². The number of nitrogens with one attached hydrogen (secondary N) is 2. The molecule has 1 amide bonds. The monoisotopic (exact) mass is 413 g/mol. The minimum absolute atomic E-state index is 0.0442. The summed E-state index contributed by atoms with van der Waals surface area (Å²) in [5.41, 5.74) is 10.5. The molecule has 2 atom stereocenters. The van der Waals surface area contributed by atoms with Crippen LogP contribution in [0.25, 0.3) is 0 Å². The standard InChI is InChI=1S/C16H18F3N7OS/c1-7(23-12-11(6-20)14(28-2)26-15(22)25-12)13(27)24-10-4-8(16(17,18)19)3-9(21)5-10/h4-5,7,9H,3,21H2,1-2H3,(H,24,27)(H3,22,23,25,26)/t7-,9?/m0/s1. The summed E-state index contributed by atoms with van der Waals surface area (Å²) in [5.74, 6) is -0.662. The van der Waals surface area contributed by atoms with Crippen LogP contribution in [0.15, 0.2) is 28.4 Å². The van der Waals surface area contributed by atoms with Gasteiger partial charge < -0.3 is 22.1 Å². The van der Waals surface area contributed by atoms with Gasteiger partial charge in [0.2, 0.25) is 11.9 Å². The number of allylic oxidation sites excluding steroid dienone is 1. The average molecular weight is 413 g/mol. The minimum Gasteiger partial charge on any atom is -0.368 e. The summed E-state index contributed by atoms with van der Waals surface area (Å²) in [7, 11) is 0. The van der Waals surface area contributed by atoms with Crippen LogP contribution in [-0.2, 0) is 4.79 Å². The Kier molecular flexibility index (Phi) is 6.52. The van der Waals surface area contributed by atoms with Crippen LogP contribution in [0.1, 0.15) is 18.9 Å². The lowest BCUT2D eigenvalue weighted by atomic mass is 9.98. The van der Waals surface area contributed by atoms with E-state index in [-0.39, 0.29) is 29.4 Å². The molecule has 0 bridgehead atoms.